The third-order valence-electron chi connectivity index (χ3n) is 3.36. The van der Waals surface area contributed by atoms with Gasteiger partial charge in [0.25, 0.3) is 5.91 Å². The van der Waals surface area contributed by atoms with Gasteiger partial charge in [-0.2, -0.15) is 0 Å². The average Bonchev–Trinajstić information content (AvgIpc) is 2.45. The van der Waals surface area contributed by atoms with E-state index in [4.69, 9.17) is 16.3 Å². The van der Waals surface area contributed by atoms with Gasteiger partial charge in [0, 0.05) is 11.4 Å². The Bertz CT molecular complexity index is 550. The first kappa shape index (κ1) is 19.3. The molecule has 1 aromatic rings. The van der Waals surface area contributed by atoms with Crippen molar-refractivity contribution in [3.8, 4) is 5.75 Å². The zero-order valence-electron chi connectivity index (χ0n) is 14.3. The van der Waals surface area contributed by atoms with E-state index in [2.05, 4.69) is 10.9 Å². The fourth-order valence-electron chi connectivity index (χ4n) is 2.03. The van der Waals surface area contributed by atoms with Gasteiger partial charge in [-0.25, -0.2) is 0 Å². The van der Waals surface area contributed by atoms with Crippen LogP contribution in [0.3, 0.4) is 0 Å². The molecule has 0 heterocycles. The predicted octanol–water partition coefficient (Wildman–Crippen LogP) is 3.31. The number of halogens is 1. The molecule has 0 bridgehead atoms. The summed E-state index contributed by atoms with van der Waals surface area (Å²) in [6, 6.07) is 3.56. The van der Waals surface area contributed by atoms with Crippen LogP contribution < -0.4 is 15.6 Å². The smallest absolute Gasteiger partial charge is 0.279 e. The summed E-state index contributed by atoms with van der Waals surface area (Å²) in [5.41, 5.74) is 6.50. The first-order chi connectivity index (χ1) is 10.7. The molecule has 0 aromatic heterocycles. The number of rotatable bonds is 6. The second kappa shape index (κ2) is 8.77. The Morgan fingerprint density at radius 1 is 1.13 bits per heavy atom. The number of carbonyl (C=O) groups excluding carboxylic acids is 2. The summed E-state index contributed by atoms with van der Waals surface area (Å²) in [5.74, 6) is 0.451. The van der Waals surface area contributed by atoms with Crippen molar-refractivity contribution in [1.82, 2.24) is 10.9 Å². The lowest BCUT2D eigenvalue weighted by Gasteiger charge is -2.18. The van der Waals surface area contributed by atoms with Crippen LogP contribution in [0.15, 0.2) is 12.1 Å². The zero-order valence-corrected chi connectivity index (χ0v) is 15.1. The maximum Gasteiger partial charge on any atom is 0.279 e. The molecule has 5 nitrogen and oxygen atoms in total. The molecule has 1 rings (SSSR count). The molecule has 2 N–H and O–H groups in total. The lowest BCUT2D eigenvalue weighted by Crippen LogP contribution is -2.47. The molecule has 0 aliphatic carbocycles. The zero-order chi connectivity index (χ0) is 17.6. The number of ether oxygens (including phenoxy) is 1. The van der Waals surface area contributed by atoms with Crippen molar-refractivity contribution < 1.29 is 14.3 Å². The number of hydrogen-bond donors (Lipinski definition) is 2. The van der Waals surface area contributed by atoms with Crippen molar-refractivity contribution in [3.05, 3.63) is 28.3 Å². The predicted molar refractivity (Wildman–Crippen MR) is 91.4 cm³/mol. The van der Waals surface area contributed by atoms with Gasteiger partial charge in [0.05, 0.1) is 0 Å². The topological polar surface area (TPSA) is 67.4 Å². The van der Waals surface area contributed by atoms with Gasteiger partial charge >= 0.3 is 0 Å². The SMILES string of the molecule is Cc1cc(Cl)cc(C)c1OC(C)C(=O)NNC(=O)CCC(C)C. The van der Waals surface area contributed by atoms with Gasteiger partial charge in [-0.15, -0.1) is 0 Å². The van der Waals surface area contributed by atoms with E-state index in [-0.39, 0.29) is 5.91 Å². The van der Waals surface area contributed by atoms with Crippen LogP contribution in [0.2, 0.25) is 5.02 Å². The van der Waals surface area contributed by atoms with Gasteiger partial charge in [0.1, 0.15) is 5.75 Å². The number of amides is 2. The highest BCUT2D eigenvalue weighted by Gasteiger charge is 2.18. The number of carbonyl (C=O) groups is 2. The fourth-order valence-corrected chi connectivity index (χ4v) is 2.36. The highest BCUT2D eigenvalue weighted by atomic mass is 35.5. The van der Waals surface area contributed by atoms with Gasteiger partial charge in [-0.3, -0.25) is 20.4 Å². The largest absolute Gasteiger partial charge is 0.480 e. The molecule has 2 amide bonds. The summed E-state index contributed by atoms with van der Waals surface area (Å²) < 4.78 is 5.70. The van der Waals surface area contributed by atoms with Gasteiger partial charge < -0.3 is 4.74 Å². The minimum Gasteiger partial charge on any atom is -0.480 e. The first-order valence-electron chi connectivity index (χ1n) is 7.72. The Kier molecular flexibility index (Phi) is 7.36. The van der Waals surface area contributed by atoms with E-state index in [1.807, 2.05) is 27.7 Å². The molecule has 1 aromatic carbocycles. The summed E-state index contributed by atoms with van der Waals surface area (Å²) in [5, 5.41) is 0.627. The molecular weight excluding hydrogens is 316 g/mol. The molecular formula is C17H25ClN2O3. The van der Waals surface area contributed by atoms with E-state index >= 15 is 0 Å². The Morgan fingerprint density at radius 3 is 2.22 bits per heavy atom. The quantitative estimate of drug-likeness (QED) is 0.781. The third kappa shape index (κ3) is 6.48. The fraction of sp³-hybridized carbons (Fsp3) is 0.529. The summed E-state index contributed by atoms with van der Waals surface area (Å²) in [7, 11) is 0. The molecule has 0 spiro atoms. The summed E-state index contributed by atoms with van der Waals surface area (Å²) in [4.78, 5) is 23.6. The van der Waals surface area contributed by atoms with Gasteiger partial charge in [0.15, 0.2) is 6.10 Å². The molecule has 0 radical (unpaired) electrons. The van der Waals surface area contributed by atoms with E-state index in [1.165, 1.54) is 0 Å². The molecule has 1 atom stereocenters. The maximum atomic E-state index is 12.0. The summed E-state index contributed by atoms with van der Waals surface area (Å²) in [6.45, 7) is 9.44. The van der Waals surface area contributed by atoms with Crippen molar-refractivity contribution in [2.24, 2.45) is 5.92 Å². The van der Waals surface area contributed by atoms with Crippen LogP contribution in [0.25, 0.3) is 0 Å². The Morgan fingerprint density at radius 2 is 1.70 bits per heavy atom. The minimum atomic E-state index is -0.737. The summed E-state index contributed by atoms with van der Waals surface area (Å²) >= 11 is 5.98. The van der Waals surface area contributed by atoms with Crippen molar-refractivity contribution in [1.29, 1.82) is 0 Å². The first-order valence-corrected chi connectivity index (χ1v) is 8.10. The Hall–Kier alpha value is -1.75. The number of nitrogens with one attached hydrogen (secondary N) is 2. The van der Waals surface area contributed by atoms with E-state index in [0.717, 1.165) is 17.5 Å². The van der Waals surface area contributed by atoms with Crippen LogP contribution in [-0.4, -0.2) is 17.9 Å². The van der Waals surface area contributed by atoms with Crippen LogP contribution in [0.1, 0.15) is 44.7 Å². The number of hydrogen-bond acceptors (Lipinski definition) is 3. The highest BCUT2D eigenvalue weighted by Crippen LogP contribution is 2.27. The minimum absolute atomic E-state index is 0.210. The molecule has 0 saturated carbocycles. The second-order valence-corrected chi connectivity index (χ2v) is 6.54. The molecule has 128 valence electrons. The second-order valence-electron chi connectivity index (χ2n) is 6.10. The molecule has 0 aliphatic heterocycles. The number of aryl methyl sites for hydroxylation is 2. The third-order valence-corrected chi connectivity index (χ3v) is 3.58. The van der Waals surface area contributed by atoms with Gasteiger partial charge in [-0.1, -0.05) is 25.4 Å². The van der Waals surface area contributed by atoms with Crippen LogP contribution in [0.5, 0.6) is 5.75 Å². The van der Waals surface area contributed by atoms with Crippen molar-refractivity contribution in [2.75, 3.05) is 0 Å². The van der Waals surface area contributed by atoms with Crippen LogP contribution in [-0.2, 0) is 9.59 Å². The van der Waals surface area contributed by atoms with Crippen LogP contribution in [0, 0.1) is 19.8 Å². The van der Waals surface area contributed by atoms with Crippen molar-refractivity contribution in [2.45, 2.75) is 53.6 Å². The summed E-state index contributed by atoms with van der Waals surface area (Å²) in [6.07, 6.45) is 0.415. The van der Waals surface area contributed by atoms with Crippen LogP contribution >= 0.6 is 11.6 Å². The van der Waals surface area contributed by atoms with E-state index in [1.54, 1.807) is 19.1 Å². The lowest BCUT2D eigenvalue weighted by atomic mass is 10.1. The number of hydrazine groups is 1. The van der Waals surface area contributed by atoms with E-state index in [9.17, 15) is 9.59 Å². The Balaban J connectivity index is 2.53. The average molecular weight is 341 g/mol. The lowest BCUT2D eigenvalue weighted by molar-refractivity contribution is -0.132. The van der Waals surface area contributed by atoms with Crippen molar-refractivity contribution in [3.63, 3.8) is 0 Å². The molecule has 0 fully saturated rings. The van der Waals surface area contributed by atoms with Gasteiger partial charge in [0.2, 0.25) is 5.91 Å². The highest BCUT2D eigenvalue weighted by molar-refractivity contribution is 6.30. The van der Waals surface area contributed by atoms with Gasteiger partial charge in [-0.05, 0) is 56.4 Å². The Labute approximate surface area is 142 Å². The maximum absolute atomic E-state index is 12.0. The molecule has 23 heavy (non-hydrogen) atoms. The normalized spacial score (nSPS) is 12.0. The van der Waals surface area contributed by atoms with Crippen LogP contribution in [0.4, 0.5) is 0 Å². The van der Waals surface area contributed by atoms with E-state index in [0.29, 0.717) is 23.1 Å². The molecule has 1 unspecified atom stereocenters. The molecule has 6 heteroatoms. The van der Waals surface area contributed by atoms with Crippen molar-refractivity contribution >= 4 is 23.4 Å². The van der Waals surface area contributed by atoms with E-state index < -0.39 is 12.0 Å². The number of benzene rings is 1. The molecule has 0 saturated heterocycles. The standard InChI is InChI=1S/C17H25ClN2O3/c1-10(2)6-7-15(21)19-20-17(22)13(5)23-16-11(3)8-14(18)9-12(16)4/h8-10,13H,6-7H2,1-5H3,(H,19,21)(H,20,22). The monoisotopic (exact) mass is 340 g/mol. The molecule has 0 aliphatic rings.